The second kappa shape index (κ2) is 4.82. The smallest absolute Gasteiger partial charge is 0.128 e. The number of benzene rings is 1. The summed E-state index contributed by atoms with van der Waals surface area (Å²) in [4.78, 5) is 4.12. The Bertz CT molecular complexity index is 529. The fourth-order valence-corrected chi connectivity index (χ4v) is 1.57. The molecular weight excluding hydrogens is 221 g/mol. The van der Waals surface area contributed by atoms with Crippen LogP contribution in [0.4, 0.5) is 4.39 Å². The lowest BCUT2D eigenvalue weighted by molar-refractivity contribution is 0.404. The minimum absolute atomic E-state index is 0.333. The molecule has 1 heterocycles. The number of methoxy groups -OCH3 is 2. The third kappa shape index (κ3) is 2.36. The van der Waals surface area contributed by atoms with Gasteiger partial charge in [0.1, 0.15) is 17.3 Å². The van der Waals surface area contributed by atoms with Crippen LogP contribution in [0.5, 0.6) is 11.5 Å². The molecule has 0 aliphatic carbocycles. The summed E-state index contributed by atoms with van der Waals surface area (Å²) in [6.45, 7) is 0. The van der Waals surface area contributed by atoms with E-state index >= 15 is 0 Å². The van der Waals surface area contributed by atoms with E-state index in [9.17, 15) is 4.39 Å². The molecule has 1 aromatic carbocycles. The molecule has 88 valence electrons. The highest BCUT2D eigenvalue weighted by molar-refractivity contribution is 5.68. The van der Waals surface area contributed by atoms with Gasteiger partial charge in [-0.2, -0.15) is 0 Å². The van der Waals surface area contributed by atoms with Gasteiger partial charge >= 0.3 is 0 Å². The van der Waals surface area contributed by atoms with Crippen molar-refractivity contribution in [3.05, 3.63) is 42.3 Å². The maximum Gasteiger partial charge on any atom is 0.128 e. The van der Waals surface area contributed by atoms with Crippen LogP contribution in [0.1, 0.15) is 0 Å². The highest BCUT2D eigenvalue weighted by Gasteiger charge is 2.09. The quantitative estimate of drug-likeness (QED) is 0.816. The summed E-state index contributed by atoms with van der Waals surface area (Å²) in [5.74, 6) is 0.968. The topological polar surface area (TPSA) is 31.4 Å². The van der Waals surface area contributed by atoms with Crippen molar-refractivity contribution >= 4 is 0 Å². The lowest BCUT2D eigenvalue weighted by Crippen LogP contribution is -1.92. The van der Waals surface area contributed by atoms with E-state index in [4.69, 9.17) is 9.47 Å². The highest BCUT2D eigenvalue weighted by atomic mass is 19.1. The first-order chi connectivity index (χ1) is 8.24. The van der Waals surface area contributed by atoms with Crippen LogP contribution < -0.4 is 9.47 Å². The summed E-state index contributed by atoms with van der Waals surface area (Å²) < 4.78 is 23.5. The highest BCUT2D eigenvalue weighted by Crippen LogP contribution is 2.32. The Hall–Kier alpha value is -2.10. The first-order valence-corrected chi connectivity index (χ1v) is 5.08. The van der Waals surface area contributed by atoms with Gasteiger partial charge in [0.15, 0.2) is 0 Å². The number of rotatable bonds is 3. The van der Waals surface area contributed by atoms with Gasteiger partial charge in [-0.15, -0.1) is 0 Å². The average molecular weight is 233 g/mol. The van der Waals surface area contributed by atoms with Crippen molar-refractivity contribution in [3.63, 3.8) is 0 Å². The number of aromatic nitrogens is 1. The van der Waals surface area contributed by atoms with E-state index in [1.54, 1.807) is 32.4 Å². The van der Waals surface area contributed by atoms with Gasteiger partial charge < -0.3 is 9.47 Å². The molecule has 0 saturated heterocycles. The standard InChI is InChI=1S/C13H12FNO2/c1-16-10-3-4-13(17-2)11(8-10)12-7-9(14)5-6-15-12/h3-8H,1-2H3. The fourth-order valence-electron chi connectivity index (χ4n) is 1.57. The van der Waals surface area contributed by atoms with Crippen LogP contribution in [0.15, 0.2) is 36.5 Å². The Labute approximate surface area is 98.8 Å². The van der Waals surface area contributed by atoms with Crippen LogP contribution in [-0.4, -0.2) is 19.2 Å². The van der Waals surface area contributed by atoms with Gasteiger partial charge in [-0.05, 0) is 24.3 Å². The number of halogens is 1. The van der Waals surface area contributed by atoms with Gasteiger partial charge in [-0.3, -0.25) is 4.98 Å². The molecule has 0 spiro atoms. The molecule has 0 unspecified atom stereocenters. The zero-order valence-electron chi connectivity index (χ0n) is 9.61. The van der Waals surface area contributed by atoms with Crippen molar-refractivity contribution in [1.29, 1.82) is 0 Å². The predicted molar refractivity (Wildman–Crippen MR) is 62.7 cm³/mol. The summed E-state index contributed by atoms with van der Waals surface area (Å²) in [6, 6.07) is 7.97. The molecule has 3 nitrogen and oxygen atoms in total. The molecule has 0 N–H and O–H groups in total. The average Bonchev–Trinajstić information content (AvgIpc) is 2.38. The number of hydrogen-bond donors (Lipinski definition) is 0. The molecule has 0 aliphatic rings. The van der Waals surface area contributed by atoms with E-state index in [1.165, 1.54) is 18.3 Å². The Balaban J connectivity index is 2.56. The van der Waals surface area contributed by atoms with Gasteiger partial charge in [0.05, 0.1) is 19.9 Å². The van der Waals surface area contributed by atoms with E-state index in [0.717, 1.165) is 0 Å². The van der Waals surface area contributed by atoms with Crippen LogP contribution in [0, 0.1) is 5.82 Å². The molecule has 4 heteroatoms. The SMILES string of the molecule is COc1ccc(OC)c(-c2cc(F)ccn2)c1. The molecule has 0 saturated carbocycles. The second-order valence-electron chi connectivity index (χ2n) is 3.43. The maximum atomic E-state index is 13.2. The zero-order chi connectivity index (χ0) is 12.3. The first kappa shape index (κ1) is 11.4. The summed E-state index contributed by atoms with van der Waals surface area (Å²) in [5, 5.41) is 0. The summed E-state index contributed by atoms with van der Waals surface area (Å²) in [5.41, 5.74) is 1.21. The van der Waals surface area contributed by atoms with Crippen molar-refractivity contribution in [2.75, 3.05) is 14.2 Å². The Morgan fingerprint density at radius 2 is 1.88 bits per heavy atom. The molecule has 2 rings (SSSR count). The van der Waals surface area contributed by atoms with E-state index in [1.807, 2.05) is 0 Å². The van der Waals surface area contributed by atoms with Crippen LogP contribution in [0.3, 0.4) is 0 Å². The van der Waals surface area contributed by atoms with Crippen molar-refractivity contribution < 1.29 is 13.9 Å². The van der Waals surface area contributed by atoms with E-state index in [2.05, 4.69) is 4.98 Å². The Morgan fingerprint density at radius 1 is 1.06 bits per heavy atom. The normalized spacial score (nSPS) is 10.1. The van der Waals surface area contributed by atoms with Crippen LogP contribution in [0.25, 0.3) is 11.3 Å². The third-order valence-electron chi connectivity index (χ3n) is 2.40. The van der Waals surface area contributed by atoms with Gasteiger partial charge in [0.2, 0.25) is 0 Å². The third-order valence-corrected chi connectivity index (χ3v) is 2.40. The number of nitrogens with zero attached hydrogens (tertiary/aromatic N) is 1. The van der Waals surface area contributed by atoms with Crippen molar-refractivity contribution in [2.24, 2.45) is 0 Å². The van der Waals surface area contributed by atoms with Crippen molar-refractivity contribution in [1.82, 2.24) is 4.98 Å². The monoisotopic (exact) mass is 233 g/mol. The lowest BCUT2D eigenvalue weighted by Gasteiger charge is -2.09. The minimum atomic E-state index is -0.333. The summed E-state index contributed by atoms with van der Waals surface area (Å²) >= 11 is 0. The van der Waals surface area contributed by atoms with Gasteiger partial charge in [0, 0.05) is 17.8 Å². The maximum absolute atomic E-state index is 13.2. The fraction of sp³-hybridized carbons (Fsp3) is 0.154. The van der Waals surface area contributed by atoms with Crippen LogP contribution in [0.2, 0.25) is 0 Å². The second-order valence-corrected chi connectivity index (χ2v) is 3.43. The zero-order valence-corrected chi connectivity index (χ0v) is 9.61. The van der Waals surface area contributed by atoms with E-state index in [0.29, 0.717) is 22.8 Å². The molecule has 1 aromatic heterocycles. The molecule has 0 radical (unpaired) electrons. The van der Waals surface area contributed by atoms with E-state index < -0.39 is 0 Å². The molecular formula is C13H12FNO2. The Morgan fingerprint density at radius 3 is 2.53 bits per heavy atom. The molecule has 0 fully saturated rings. The number of hydrogen-bond acceptors (Lipinski definition) is 3. The van der Waals surface area contributed by atoms with Crippen LogP contribution >= 0.6 is 0 Å². The first-order valence-electron chi connectivity index (χ1n) is 5.08. The van der Waals surface area contributed by atoms with Crippen molar-refractivity contribution in [2.45, 2.75) is 0 Å². The molecule has 17 heavy (non-hydrogen) atoms. The molecule has 0 aliphatic heterocycles. The number of ether oxygens (including phenoxy) is 2. The molecule has 2 aromatic rings. The van der Waals surface area contributed by atoms with Gasteiger partial charge in [-0.1, -0.05) is 0 Å². The lowest BCUT2D eigenvalue weighted by atomic mass is 10.1. The molecule has 0 amide bonds. The Kier molecular flexibility index (Phi) is 3.23. The predicted octanol–water partition coefficient (Wildman–Crippen LogP) is 2.90. The summed E-state index contributed by atoms with van der Waals surface area (Å²) in [6.07, 6.45) is 1.42. The van der Waals surface area contributed by atoms with Crippen molar-refractivity contribution in [3.8, 4) is 22.8 Å². The van der Waals surface area contributed by atoms with Crippen LogP contribution in [-0.2, 0) is 0 Å². The largest absolute Gasteiger partial charge is 0.497 e. The molecule has 0 bridgehead atoms. The minimum Gasteiger partial charge on any atom is -0.497 e. The van der Waals surface area contributed by atoms with E-state index in [-0.39, 0.29) is 5.82 Å². The summed E-state index contributed by atoms with van der Waals surface area (Å²) in [7, 11) is 3.13. The molecule has 0 atom stereocenters. The van der Waals surface area contributed by atoms with Gasteiger partial charge in [0.25, 0.3) is 0 Å². The van der Waals surface area contributed by atoms with Gasteiger partial charge in [-0.25, -0.2) is 4.39 Å². The number of pyridine rings is 1.